The van der Waals surface area contributed by atoms with Crippen LogP contribution in [0.3, 0.4) is 0 Å². The lowest BCUT2D eigenvalue weighted by Gasteiger charge is -2.45. The Kier molecular flexibility index (Phi) is 15.1. The van der Waals surface area contributed by atoms with Gasteiger partial charge in [-0.05, 0) is 43.4 Å². The normalized spacial score (nSPS) is 20.5. The van der Waals surface area contributed by atoms with Crippen molar-refractivity contribution >= 4 is 45.8 Å². The van der Waals surface area contributed by atoms with Crippen LogP contribution in [0.15, 0.2) is 41.7 Å². The van der Waals surface area contributed by atoms with Gasteiger partial charge in [0.15, 0.2) is 11.7 Å². The number of anilines is 2. The molecule has 3 aliphatic heterocycles. The molecule has 16 heteroatoms. The summed E-state index contributed by atoms with van der Waals surface area (Å²) in [7, 11) is 0. The van der Waals surface area contributed by atoms with Crippen LogP contribution in [0.1, 0.15) is 55.7 Å². The largest absolute Gasteiger partial charge is 0.485 e. The second-order valence-electron chi connectivity index (χ2n) is 12.5. The van der Waals surface area contributed by atoms with Gasteiger partial charge < -0.3 is 39.2 Å². The van der Waals surface area contributed by atoms with Crippen LogP contribution in [-0.4, -0.2) is 107 Å². The molecule has 0 saturated carbocycles. The molecule has 3 aliphatic rings. The maximum Gasteiger partial charge on any atom is 0.258 e. The first-order valence-corrected chi connectivity index (χ1v) is 18.2. The molecule has 0 spiro atoms. The highest BCUT2D eigenvalue weighted by molar-refractivity contribution is 7.13. The van der Waals surface area contributed by atoms with Gasteiger partial charge in [0.1, 0.15) is 12.1 Å². The van der Waals surface area contributed by atoms with E-state index in [1.807, 2.05) is 5.38 Å². The molecule has 5 rings (SSSR count). The van der Waals surface area contributed by atoms with Gasteiger partial charge in [0.2, 0.25) is 17.7 Å². The number of nitrogens with zero attached hydrogens (tertiary/aromatic N) is 2. The molecule has 1 aromatic heterocycles. The molecular weight excluding hydrogens is 685 g/mol. The Morgan fingerprint density at radius 3 is 2.39 bits per heavy atom. The van der Waals surface area contributed by atoms with Crippen LogP contribution in [0.25, 0.3) is 0 Å². The zero-order valence-electron chi connectivity index (χ0n) is 28.6. The van der Waals surface area contributed by atoms with E-state index in [4.69, 9.17) is 28.7 Å². The molecule has 3 atom stereocenters. The van der Waals surface area contributed by atoms with Crippen molar-refractivity contribution in [1.82, 2.24) is 15.6 Å². The minimum atomic E-state index is -0.386. The van der Waals surface area contributed by atoms with E-state index in [9.17, 15) is 23.6 Å². The summed E-state index contributed by atoms with van der Waals surface area (Å²) in [6.45, 7) is 3.18. The number of ether oxygens (including phenoxy) is 5. The highest BCUT2D eigenvalue weighted by Crippen LogP contribution is 2.35. The summed E-state index contributed by atoms with van der Waals surface area (Å²) in [4.78, 5) is 54.8. The topological polar surface area (TPSA) is 167 Å². The molecular formula is C35H46FN5O9S. The molecule has 4 heterocycles. The van der Waals surface area contributed by atoms with Crippen LogP contribution in [0.2, 0.25) is 0 Å². The molecule has 3 fully saturated rings. The average Bonchev–Trinajstić information content (AvgIpc) is 3.59. The van der Waals surface area contributed by atoms with E-state index in [-0.39, 0.29) is 74.5 Å². The van der Waals surface area contributed by atoms with E-state index in [0.717, 1.165) is 23.5 Å². The number of amides is 4. The monoisotopic (exact) mass is 731 g/mol. The van der Waals surface area contributed by atoms with Crippen molar-refractivity contribution in [3.63, 3.8) is 0 Å². The molecule has 3 unspecified atom stereocenters. The fraction of sp³-hybridized carbons (Fsp3) is 0.571. The molecule has 3 N–H and O–H groups in total. The number of morpholine rings is 1. The number of hydrogen-bond acceptors (Lipinski definition) is 12. The van der Waals surface area contributed by atoms with Crippen LogP contribution in [-0.2, 0) is 49.3 Å². The van der Waals surface area contributed by atoms with Crippen LogP contribution < -0.4 is 20.9 Å². The first kappa shape index (κ1) is 38.3. The predicted octanol–water partition coefficient (Wildman–Crippen LogP) is 2.99. The van der Waals surface area contributed by atoms with E-state index >= 15 is 0 Å². The molecule has 2 bridgehead atoms. The lowest BCUT2D eigenvalue weighted by atomic mass is 9.90. The van der Waals surface area contributed by atoms with Gasteiger partial charge in [0, 0.05) is 24.0 Å². The minimum absolute atomic E-state index is 0.0421. The zero-order valence-corrected chi connectivity index (χ0v) is 29.4. The summed E-state index contributed by atoms with van der Waals surface area (Å²) in [6.07, 6.45) is 4.83. The Balaban J connectivity index is 0.828. The Bertz CT molecular complexity index is 1470. The maximum absolute atomic E-state index is 13.5. The molecule has 3 saturated heterocycles. The summed E-state index contributed by atoms with van der Waals surface area (Å²) < 4.78 is 41.0. The molecule has 278 valence electrons. The highest BCUT2D eigenvalue weighted by Gasteiger charge is 2.36. The maximum atomic E-state index is 13.5. The van der Waals surface area contributed by atoms with Crippen molar-refractivity contribution in [2.45, 2.75) is 62.9 Å². The highest BCUT2D eigenvalue weighted by atomic mass is 32.1. The van der Waals surface area contributed by atoms with Gasteiger partial charge in [0.25, 0.3) is 5.91 Å². The number of imide groups is 1. The molecule has 4 amide bonds. The molecule has 0 radical (unpaired) electrons. The Morgan fingerprint density at radius 2 is 1.69 bits per heavy atom. The zero-order chi connectivity index (χ0) is 35.8. The van der Waals surface area contributed by atoms with Gasteiger partial charge in [-0.1, -0.05) is 12.1 Å². The summed E-state index contributed by atoms with van der Waals surface area (Å²) in [6, 6.07) is 7.67. The van der Waals surface area contributed by atoms with Crippen LogP contribution in [0.5, 0.6) is 0 Å². The summed E-state index contributed by atoms with van der Waals surface area (Å²) in [5.41, 5.74) is 2.10. The molecule has 51 heavy (non-hydrogen) atoms. The number of carbonyl (C=O) groups excluding carboxylic acids is 4. The number of aromatic nitrogens is 1. The van der Waals surface area contributed by atoms with Crippen molar-refractivity contribution in [2.24, 2.45) is 0 Å². The Labute approximate surface area is 300 Å². The fourth-order valence-electron chi connectivity index (χ4n) is 6.15. The third-order valence-corrected chi connectivity index (χ3v) is 9.63. The number of benzene rings is 1. The second kappa shape index (κ2) is 20.2. The predicted molar refractivity (Wildman–Crippen MR) is 186 cm³/mol. The van der Waals surface area contributed by atoms with Crippen LogP contribution >= 0.6 is 11.3 Å². The van der Waals surface area contributed by atoms with E-state index in [2.05, 4.69) is 20.9 Å². The van der Waals surface area contributed by atoms with Crippen LogP contribution in [0, 0.1) is 0 Å². The number of nitrogens with one attached hydrogen (secondary N) is 3. The van der Waals surface area contributed by atoms with E-state index < -0.39 is 0 Å². The molecule has 1 aromatic carbocycles. The van der Waals surface area contributed by atoms with Crippen molar-refractivity contribution in [2.75, 3.05) is 76.2 Å². The SMILES string of the molecule is O=C(CO/C(=C\F)Cc1csc(N2C3CCCC2COC3)n1)NCCOCCOCCOCCC(=O)Nc1ccc(C2CCC(=O)NC2=O)cc1. The number of halogens is 1. The number of rotatable bonds is 20. The number of piperidine rings is 2. The summed E-state index contributed by atoms with van der Waals surface area (Å²) >= 11 is 1.54. The molecule has 0 aliphatic carbocycles. The standard InChI is InChI=1S/C35H46FN5O9S/c36-19-29(18-26-23-51-35(39-26)41-27-2-1-3-28(41)21-49-20-27)50-22-33(44)37-11-13-47-15-17-48-16-14-46-12-10-32(43)38-25-6-4-24(5-7-25)30-8-9-31(42)40-34(30)45/h4-7,19,23,27-28,30H,1-3,8-18,20-22H2,(H,37,44)(H,38,43)(H,40,42,45)/b29-19-. The van der Waals surface area contributed by atoms with E-state index in [1.54, 1.807) is 24.3 Å². The third-order valence-electron chi connectivity index (χ3n) is 8.73. The van der Waals surface area contributed by atoms with Crippen LogP contribution in [0.4, 0.5) is 15.2 Å². The van der Waals surface area contributed by atoms with Crippen molar-refractivity contribution in [3.8, 4) is 0 Å². The number of hydrogen-bond donors (Lipinski definition) is 3. The lowest BCUT2D eigenvalue weighted by Crippen LogP contribution is -2.55. The summed E-state index contributed by atoms with van der Waals surface area (Å²) in [5, 5.41) is 10.6. The Hall–Kier alpha value is -3.96. The van der Waals surface area contributed by atoms with Gasteiger partial charge in [0.05, 0.1) is 89.4 Å². The van der Waals surface area contributed by atoms with Gasteiger partial charge in [-0.3, -0.25) is 24.5 Å². The smallest absolute Gasteiger partial charge is 0.258 e. The van der Waals surface area contributed by atoms with Crippen molar-refractivity contribution in [3.05, 3.63) is 53.0 Å². The number of fused-ring (bicyclic) bond motifs is 2. The third kappa shape index (κ3) is 12.1. The Morgan fingerprint density at radius 1 is 0.980 bits per heavy atom. The molecule has 2 aromatic rings. The summed E-state index contributed by atoms with van der Waals surface area (Å²) in [5.74, 6) is -1.47. The molecule has 14 nitrogen and oxygen atoms in total. The van der Waals surface area contributed by atoms with Gasteiger partial charge in [-0.2, -0.15) is 0 Å². The van der Waals surface area contributed by atoms with E-state index in [1.165, 1.54) is 17.8 Å². The quantitative estimate of drug-likeness (QED) is 0.104. The fourth-order valence-corrected chi connectivity index (χ4v) is 7.12. The van der Waals surface area contributed by atoms with Gasteiger partial charge >= 0.3 is 0 Å². The minimum Gasteiger partial charge on any atom is -0.485 e. The number of thiazole rings is 1. The van der Waals surface area contributed by atoms with Crippen molar-refractivity contribution < 1.29 is 47.3 Å². The lowest BCUT2D eigenvalue weighted by molar-refractivity contribution is -0.134. The van der Waals surface area contributed by atoms with Gasteiger partial charge in [-0.25, -0.2) is 9.37 Å². The number of allylic oxidation sites excluding steroid dienone is 1. The van der Waals surface area contributed by atoms with Crippen molar-refractivity contribution in [1.29, 1.82) is 0 Å². The van der Waals surface area contributed by atoms with Gasteiger partial charge in [-0.15, -0.1) is 11.3 Å². The van der Waals surface area contributed by atoms with E-state index in [0.29, 0.717) is 82.3 Å². The second-order valence-corrected chi connectivity index (χ2v) is 13.3. The first-order chi connectivity index (χ1) is 24.9. The average molecular weight is 732 g/mol. The first-order valence-electron chi connectivity index (χ1n) is 17.4. The number of carbonyl (C=O) groups is 4.